The van der Waals surface area contributed by atoms with Crippen molar-refractivity contribution in [3.63, 3.8) is 0 Å². The molecule has 2 N–H and O–H groups in total. The van der Waals surface area contributed by atoms with Crippen molar-refractivity contribution in [1.29, 1.82) is 0 Å². The van der Waals surface area contributed by atoms with Gasteiger partial charge < -0.3 is 10.4 Å². The molecule has 1 aromatic rings. The molecule has 4 heteroatoms. The number of benzene rings is 1. The maximum Gasteiger partial charge on any atom is 0.146 e. The van der Waals surface area contributed by atoms with Gasteiger partial charge in [0, 0.05) is 18.7 Å². The highest BCUT2D eigenvalue weighted by Crippen LogP contribution is 2.17. The first kappa shape index (κ1) is 11.4. The first-order valence-corrected chi connectivity index (χ1v) is 4.80. The van der Waals surface area contributed by atoms with Crippen LogP contribution in [0, 0.1) is 5.82 Å². The Morgan fingerprint density at radius 1 is 1.57 bits per heavy atom. The number of hydrogen-bond donors (Lipinski definition) is 2. The molecule has 2 nitrogen and oxygen atoms in total. The number of halogens is 2. The predicted octanol–water partition coefficient (Wildman–Crippen LogP) is 1.95. The molecule has 0 aliphatic heterocycles. The van der Waals surface area contributed by atoms with Crippen LogP contribution in [0.25, 0.3) is 0 Å². The van der Waals surface area contributed by atoms with Crippen molar-refractivity contribution < 1.29 is 9.50 Å². The van der Waals surface area contributed by atoms with Crippen LogP contribution < -0.4 is 5.32 Å². The summed E-state index contributed by atoms with van der Waals surface area (Å²) in [6, 6.07) is 4.87. The summed E-state index contributed by atoms with van der Waals surface area (Å²) >= 11 is 5.60. The summed E-state index contributed by atoms with van der Waals surface area (Å²) in [4.78, 5) is 0. The monoisotopic (exact) mass is 217 g/mol. The minimum Gasteiger partial charge on any atom is -0.392 e. The van der Waals surface area contributed by atoms with E-state index < -0.39 is 11.9 Å². The average molecular weight is 218 g/mol. The van der Waals surface area contributed by atoms with Crippen LogP contribution in [0.3, 0.4) is 0 Å². The SMILES string of the molecule is C[C@@H](O)CNCc1cccc(Cl)c1F. The second-order valence-electron chi connectivity index (χ2n) is 3.19. The molecule has 1 atom stereocenters. The molecule has 0 spiro atoms. The Bertz CT molecular complexity index is 304. The van der Waals surface area contributed by atoms with Crippen molar-refractivity contribution in [2.24, 2.45) is 0 Å². The predicted molar refractivity (Wildman–Crippen MR) is 54.8 cm³/mol. The molecule has 0 radical (unpaired) electrons. The van der Waals surface area contributed by atoms with E-state index in [1.807, 2.05) is 0 Å². The molecule has 0 amide bonds. The van der Waals surface area contributed by atoms with Crippen molar-refractivity contribution in [3.05, 3.63) is 34.6 Å². The summed E-state index contributed by atoms with van der Waals surface area (Å²) in [6.45, 7) is 2.48. The van der Waals surface area contributed by atoms with Crippen molar-refractivity contribution >= 4 is 11.6 Å². The van der Waals surface area contributed by atoms with Crippen LogP contribution in [-0.2, 0) is 6.54 Å². The molecule has 0 aromatic heterocycles. The van der Waals surface area contributed by atoms with Gasteiger partial charge in [-0.05, 0) is 13.0 Å². The lowest BCUT2D eigenvalue weighted by atomic mass is 10.2. The van der Waals surface area contributed by atoms with Gasteiger partial charge in [0.2, 0.25) is 0 Å². The Morgan fingerprint density at radius 2 is 2.29 bits per heavy atom. The molecule has 0 saturated carbocycles. The number of hydrogen-bond acceptors (Lipinski definition) is 2. The zero-order valence-electron chi connectivity index (χ0n) is 7.93. The number of aliphatic hydroxyl groups excluding tert-OH is 1. The van der Waals surface area contributed by atoms with Crippen LogP contribution in [-0.4, -0.2) is 17.8 Å². The van der Waals surface area contributed by atoms with E-state index in [2.05, 4.69) is 5.32 Å². The second kappa shape index (κ2) is 5.29. The zero-order valence-corrected chi connectivity index (χ0v) is 8.68. The lowest BCUT2D eigenvalue weighted by molar-refractivity contribution is 0.191. The van der Waals surface area contributed by atoms with Gasteiger partial charge in [-0.2, -0.15) is 0 Å². The van der Waals surface area contributed by atoms with E-state index in [1.54, 1.807) is 19.1 Å². The highest BCUT2D eigenvalue weighted by Gasteiger charge is 2.05. The van der Waals surface area contributed by atoms with E-state index in [1.165, 1.54) is 6.07 Å². The minimum absolute atomic E-state index is 0.126. The normalized spacial score (nSPS) is 12.9. The van der Waals surface area contributed by atoms with Gasteiger partial charge in [0.25, 0.3) is 0 Å². The third-order valence-corrected chi connectivity index (χ3v) is 2.08. The molecule has 0 unspecified atom stereocenters. The van der Waals surface area contributed by atoms with Gasteiger partial charge in [0.15, 0.2) is 0 Å². The summed E-state index contributed by atoms with van der Waals surface area (Å²) in [5, 5.41) is 12.0. The van der Waals surface area contributed by atoms with Crippen LogP contribution in [0.2, 0.25) is 5.02 Å². The molecule has 0 aliphatic rings. The highest BCUT2D eigenvalue weighted by atomic mass is 35.5. The van der Waals surface area contributed by atoms with Crippen molar-refractivity contribution in [2.45, 2.75) is 19.6 Å². The molecule has 1 rings (SSSR count). The molecular weight excluding hydrogens is 205 g/mol. The summed E-state index contributed by atoms with van der Waals surface area (Å²) in [5.41, 5.74) is 0.512. The lowest BCUT2D eigenvalue weighted by Crippen LogP contribution is -2.24. The van der Waals surface area contributed by atoms with Crippen LogP contribution >= 0.6 is 11.6 Å². The van der Waals surface area contributed by atoms with E-state index in [0.29, 0.717) is 18.7 Å². The van der Waals surface area contributed by atoms with Crippen molar-refractivity contribution in [2.75, 3.05) is 6.54 Å². The van der Waals surface area contributed by atoms with Gasteiger partial charge in [0.1, 0.15) is 5.82 Å². The van der Waals surface area contributed by atoms with Gasteiger partial charge in [-0.1, -0.05) is 23.7 Å². The molecule has 0 aliphatic carbocycles. The Labute approximate surface area is 87.7 Å². The standard InChI is InChI=1S/C10H13ClFNO/c1-7(14)5-13-6-8-3-2-4-9(11)10(8)12/h2-4,7,13-14H,5-6H2,1H3/t7-/m1/s1. The first-order valence-electron chi connectivity index (χ1n) is 4.43. The third-order valence-electron chi connectivity index (χ3n) is 1.79. The van der Waals surface area contributed by atoms with Gasteiger partial charge in [-0.25, -0.2) is 4.39 Å². The Kier molecular flexibility index (Phi) is 4.32. The molecule has 0 bridgehead atoms. The molecule has 0 fully saturated rings. The highest BCUT2D eigenvalue weighted by molar-refractivity contribution is 6.30. The number of nitrogens with one attached hydrogen (secondary N) is 1. The topological polar surface area (TPSA) is 32.3 Å². The second-order valence-corrected chi connectivity index (χ2v) is 3.60. The quantitative estimate of drug-likeness (QED) is 0.808. The van der Waals surface area contributed by atoms with Gasteiger partial charge in [-0.3, -0.25) is 0 Å². The fraction of sp³-hybridized carbons (Fsp3) is 0.400. The average Bonchev–Trinajstić information content (AvgIpc) is 2.12. The van der Waals surface area contributed by atoms with Crippen LogP contribution in [0.5, 0.6) is 0 Å². The van der Waals surface area contributed by atoms with Crippen LogP contribution in [0.4, 0.5) is 4.39 Å². The smallest absolute Gasteiger partial charge is 0.146 e. The van der Waals surface area contributed by atoms with E-state index >= 15 is 0 Å². The Morgan fingerprint density at radius 3 is 2.93 bits per heavy atom. The van der Waals surface area contributed by atoms with Gasteiger partial charge in [0.05, 0.1) is 11.1 Å². The van der Waals surface area contributed by atoms with Gasteiger partial charge >= 0.3 is 0 Å². The third kappa shape index (κ3) is 3.25. The van der Waals surface area contributed by atoms with E-state index in [0.717, 1.165) is 0 Å². The van der Waals surface area contributed by atoms with E-state index in [4.69, 9.17) is 16.7 Å². The summed E-state index contributed by atoms with van der Waals surface area (Å²) in [7, 11) is 0. The Balaban J connectivity index is 2.54. The van der Waals surface area contributed by atoms with Crippen molar-refractivity contribution in [3.8, 4) is 0 Å². The summed E-state index contributed by atoms with van der Waals surface area (Å²) in [6.07, 6.45) is -0.433. The zero-order chi connectivity index (χ0) is 10.6. The fourth-order valence-electron chi connectivity index (χ4n) is 1.10. The van der Waals surface area contributed by atoms with E-state index in [9.17, 15) is 4.39 Å². The fourth-order valence-corrected chi connectivity index (χ4v) is 1.29. The molecule has 1 aromatic carbocycles. The number of aliphatic hydroxyl groups is 1. The van der Waals surface area contributed by atoms with Crippen LogP contribution in [0.15, 0.2) is 18.2 Å². The molecule has 78 valence electrons. The summed E-state index contributed by atoms with van der Waals surface area (Å²) < 4.78 is 13.3. The molecule has 0 heterocycles. The summed E-state index contributed by atoms with van der Waals surface area (Å²) in [5.74, 6) is -0.396. The van der Waals surface area contributed by atoms with Crippen molar-refractivity contribution in [1.82, 2.24) is 5.32 Å². The maximum atomic E-state index is 13.3. The Hall–Kier alpha value is -0.640. The van der Waals surface area contributed by atoms with Crippen LogP contribution in [0.1, 0.15) is 12.5 Å². The largest absolute Gasteiger partial charge is 0.392 e. The molecule has 14 heavy (non-hydrogen) atoms. The molecular formula is C10H13ClFNO. The molecule has 0 saturated heterocycles. The van der Waals surface area contributed by atoms with E-state index in [-0.39, 0.29) is 5.02 Å². The van der Waals surface area contributed by atoms with Gasteiger partial charge in [-0.15, -0.1) is 0 Å². The first-order chi connectivity index (χ1) is 6.61. The minimum atomic E-state index is -0.433. The maximum absolute atomic E-state index is 13.3. The number of rotatable bonds is 4. The lowest BCUT2D eigenvalue weighted by Gasteiger charge is -2.08.